The minimum absolute atomic E-state index is 0.0733. The Morgan fingerprint density at radius 3 is 2.60 bits per heavy atom. The summed E-state index contributed by atoms with van der Waals surface area (Å²) in [6.07, 6.45) is 4.10. The van der Waals surface area contributed by atoms with Crippen LogP contribution in [0.3, 0.4) is 0 Å². The van der Waals surface area contributed by atoms with Crippen molar-refractivity contribution >= 4 is 21.4 Å². The Labute approximate surface area is 126 Å². The summed E-state index contributed by atoms with van der Waals surface area (Å²) in [7, 11) is -1.68. The zero-order chi connectivity index (χ0) is 14.8. The van der Waals surface area contributed by atoms with Crippen molar-refractivity contribution in [2.24, 2.45) is 0 Å². The lowest BCUT2D eigenvalue weighted by molar-refractivity contribution is 0.349. The van der Waals surface area contributed by atoms with Gasteiger partial charge in [0.25, 0.3) is 0 Å². The van der Waals surface area contributed by atoms with Crippen molar-refractivity contribution in [1.82, 2.24) is 9.62 Å². The first-order valence-electron chi connectivity index (χ1n) is 7.28. The van der Waals surface area contributed by atoms with Crippen LogP contribution in [0.1, 0.15) is 44.4 Å². The van der Waals surface area contributed by atoms with Crippen LogP contribution in [-0.2, 0) is 16.6 Å². The average Bonchev–Trinajstić information content (AvgIpc) is 3.13. The third-order valence-corrected chi connectivity index (χ3v) is 6.99. The normalized spacial score (nSPS) is 16.2. The summed E-state index contributed by atoms with van der Waals surface area (Å²) in [5.74, 6) is 0. The molecule has 20 heavy (non-hydrogen) atoms. The SMILES string of the molecule is CCC(CC)N(C)S(=O)(=O)c1ccsc1CNC1CC1. The Balaban J connectivity index is 2.17. The third kappa shape index (κ3) is 3.42. The monoisotopic (exact) mass is 316 g/mol. The first-order chi connectivity index (χ1) is 9.50. The topological polar surface area (TPSA) is 49.4 Å². The lowest BCUT2D eigenvalue weighted by atomic mass is 10.2. The van der Waals surface area contributed by atoms with Crippen LogP contribution < -0.4 is 5.32 Å². The third-order valence-electron chi connectivity index (χ3n) is 3.95. The molecule has 0 bridgehead atoms. The molecule has 1 aromatic rings. The van der Waals surface area contributed by atoms with E-state index < -0.39 is 10.0 Å². The number of nitrogens with one attached hydrogen (secondary N) is 1. The minimum atomic E-state index is -3.37. The summed E-state index contributed by atoms with van der Waals surface area (Å²) in [5.41, 5.74) is 0. The number of hydrogen-bond acceptors (Lipinski definition) is 4. The van der Waals surface area contributed by atoms with E-state index in [1.54, 1.807) is 13.1 Å². The van der Waals surface area contributed by atoms with Gasteiger partial charge in [-0.2, -0.15) is 4.31 Å². The molecule has 1 aliphatic carbocycles. The predicted octanol–water partition coefficient (Wildman–Crippen LogP) is 2.81. The highest BCUT2D eigenvalue weighted by atomic mass is 32.2. The molecule has 0 radical (unpaired) electrons. The van der Waals surface area contributed by atoms with E-state index in [0.717, 1.165) is 17.7 Å². The van der Waals surface area contributed by atoms with E-state index in [9.17, 15) is 8.42 Å². The van der Waals surface area contributed by atoms with Gasteiger partial charge in [0, 0.05) is 30.6 Å². The Bertz CT molecular complexity index is 531. The zero-order valence-electron chi connectivity index (χ0n) is 12.4. The molecule has 4 nitrogen and oxygen atoms in total. The van der Waals surface area contributed by atoms with Gasteiger partial charge in [-0.25, -0.2) is 8.42 Å². The fourth-order valence-corrected chi connectivity index (χ4v) is 5.23. The molecule has 1 aromatic heterocycles. The Morgan fingerprint density at radius 1 is 1.40 bits per heavy atom. The Morgan fingerprint density at radius 2 is 2.05 bits per heavy atom. The highest BCUT2D eigenvalue weighted by molar-refractivity contribution is 7.89. The molecule has 1 N–H and O–H groups in total. The highest BCUT2D eigenvalue weighted by Gasteiger charge is 2.29. The van der Waals surface area contributed by atoms with Crippen molar-refractivity contribution in [3.8, 4) is 0 Å². The summed E-state index contributed by atoms with van der Waals surface area (Å²) in [6.45, 7) is 4.72. The van der Waals surface area contributed by atoms with Gasteiger partial charge in [0.1, 0.15) is 0 Å². The van der Waals surface area contributed by atoms with Crippen molar-refractivity contribution in [2.75, 3.05) is 7.05 Å². The van der Waals surface area contributed by atoms with Crippen LogP contribution in [0.5, 0.6) is 0 Å². The molecule has 0 atom stereocenters. The van der Waals surface area contributed by atoms with E-state index in [4.69, 9.17) is 0 Å². The number of nitrogens with zero attached hydrogens (tertiary/aromatic N) is 1. The summed E-state index contributed by atoms with van der Waals surface area (Å²) in [6, 6.07) is 2.40. The molecular weight excluding hydrogens is 292 g/mol. The molecule has 1 fully saturated rings. The molecule has 0 unspecified atom stereocenters. The lowest BCUT2D eigenvalue weighted by Crippen LogP contribution is -2.36. The van der Waals surface area contributed by atoms with Gasteiger partial charge in [-0.15, -0.1) is 11.3 Å². The maximum atomic E-state index is 12.7. The summed E-state index contributed by atoms with van der Waals surface area (Å²) >= 11 is 1.52. The van der Waals surface area contributed by atoms with E-state index in [0.29, 0.717) is 17.5 Å². The first-order valence-corrected chi connectivity index (χ1v) is 9.60. The van der Waals surface area contributed by atoms with E-state index in [2.05, 4.69) is 5.32 Å². The number of thiophene rings is 1. The zero-order valence-corrected chi connectivity index (χ0v) is 14.1. The summed E-state index contributed by atoms with van der Waals surface area (Å²) in [5, 5.41) is 5.27. The number of rotatable bonds is 8. The van der Waals surface area contributed by atoms with Gasteiger partial charge in [0.2, 0.25) is 10.0 Å². The van der Waals surface area contributed by atoms with E-state index in [-0.39, 0.29) is 6.04 Å². The van der Waals surface area contributed by atoms with Gasteiger partial charge in [-0.1, -0.05) is 13.8 Å². The highest BCUT2D eigenvalue weighted by Crippen LogP contribution is 2.28. The molecule has 0 aliphatic heterocycles. The summed E-state index contributed by atoms with van der Waals surface area (Å²) < 4.78 is 27.0. The quantitative estimate of drug-likeness (QED) is 0.802. The van der Waals surface area contributed by atoms with E-state index in [1.165, 1.54) is 28.5 Å². The average molecular weight is 316 g/mol. The van der Waals surface area contributed by atoms with Crippen LogP contribution in [0.25, 0.3) is 0 Å². The molecule has 6 heteroatoms. The first kappa shape index (κ1) is 15.9. The molecule has 1 heterocycles. The lowest BCUT2D eigenvalue weighted by Gasteiger charge is -2.25. The van der Waals surface area contributed by atoms with Gasteiger partial charge in [-0.3, -0.25) is 0 Å². The molecule has 0 spiro atoms. The van der Waals surface area contributed by atoms with Gasteiger partial charge in [-0.05, 0) is 37.1 Å². The van der Waals surface area contributed by atoms with E-state index in [1.807, 2.05) is 19.2 Å². The van der Waals surface area contributed by atoms with Crippen LogP contribution >= 0.6 is 11.3 Å². The fourth-order valence-electron chi connectivity index (χ4n) is 2.37. The van der Waals surface area contributed by atoms with Gasteiger partial charge in [0.05, 0.1) is 4.90 Å². The second kappa shape index (κ2) is 6.56. The van der Waals surface area contributed by atoms with Crippen molar-refractivity contribution in [3.63, 3.8) is 0 Å². The van der Waals surface area contributed by atoms with Crippen LogP contribution in [-0.4, -0.2) is 31.9 Å². The molecule has 0 aromatic carbocycles. The second-order valence-corrected chi connectivity index (χ2v) is 8.32. The largest absolute Gasteiger partial charge is 0.309 e. The molecule has 1 saturated carbocycles. The van der Waals surface area contributed by atoms with Crippen LogP contribution in [0, 0.1) is 0 Å². The molecular formula is C14H24N2O2S2. The predicted molar refractivity (Wildman–Crippen MR) is 83.5 cm³/mol. The maximum absolute atomic E-state index is 12.7. The second-order valence-electron chi connectivity index (χ2n) is 5.35. The number of hydrogen-bond donors (Lipinski definition) is 1. The maximum Gasteiger partial charge on any atom is 0.244 e. The van der Waals surface area contributed by atoms with Crippen LogP contribution in [0.2, 0.25) is 0 Å². The molecule has 0 saturated heterocycles. The molecule has 114 valence electrons. The van der Waals surface area contributed by atoms with Crippen molar-refractivity contribution in [2.45, 2.75) is 63.1 Å². The van der Waals surface area contributed by atoms with Crippen molar-refractivity contribution in [3.05, 3.63) is 16.3 Å². The smallest absolute Gasteiger partial charge is 0.244 e. The van der Waals surface area contributed by atoms with Gasteiger partial charge < -0.3 is 5.32 Å². The van der Waals surface area contributed by atoms with Gasteiger partial charge >= 0.3 is 0 Å². The standard InChI is InChI=1S/C14H24N2O2S2/c1-4-12(5-2)16(3)20(17,18)14-8-9-19-13(14)10-15-11-6-7-11/h8-9,11-12,15H,4-7,10H2,1-3H3. The Hall–Kier alpha value is -0.430. The van der Waals surface area contributed by atoms with Crippen molar-refractivity contribution < 1.29 is 8.42 Å². The van der Waals surface area contributed by atoms with Crippen molar-refractivity contribution in [1.29, 1.82) is 0 Å². The minimum Gasteiger partial charge on any atom is -0.309 e. The molecule has 2 rings (SSSR count). The fraction of sp³-hybridized carbons (Fsp3) is 0.714. The Kier molecular flexibility index (Phi) is 5.23. The molecule has 1 aliphatic rings. The van der Waals surface area contributed by atoms with E-state index >= 15 is 0 Å². The molecule has 0 amide bonds. The summed E-state index contributed by atoms with van der Waals surface area (Å²) in [4.78, 5) is 1.40. The van der Waals surface area contributed by atoms with Gasteiger partial charge in [0.15, 0.2) is 0 Å². The number of sulfonamides is 1. The van der Waals surface area contributed by atoms with Crippen LogP contribution in [0.15, 0.2) is 16.3 Å². The van der Waals surface area contributed by atoms with Crippen LogP contribution in [0.4, 0.5) is 0 Å².